The summed E-state index contributed by atoms with van der Waals surface area (Å²) >= 11 is 0. The molecule has 2 nitrogen and oxygen atoms in total. The third kappa shape index (κ3) is 11.8. The van der Waals surface area contributed by atoms with Crippen molar-refractivity contribution in [2.45, 2.75) is 72.1 Å². The van der Waals surface area contributed by atoms with Gasteiger partial charge in [0.15, 0.2) is 0 Å². The van der Waals surface area contributed by atoms with Crippen LogP contribution < -0.4 is 0 Å². The molecule has 0 amide bonds. The summed E-state index contributed by atoms with van der Waals surface area (Å²) in [7, 11) is 2.70. The zero-order valence-corrected chi connectivity index (χ0v) is 25.1. The molecule has 31 heavy (non-hydrogen) atoms. The molecule has 2 rings (SSSR count). The van der Waals surface area contributed by atoms with Crippen LogP contribution in [0.25, 0.3) is 4.98 Å². The molecule has 0 aliphatic heterocycles. The second-order valence-corrected chi connectivity index (χ2v) is 13.4. The Hall–Kier alpha value is -0.449. The SMILES string of the molecule is C/C=C/C=C/C.CN(C)C1C=C([Si](C)(C)[N-]C(C)(C)C)CC12C=CC=CC2.[CH3-].[CH3-].[CH3-].[Ti+4]. The summed E-state index contributed by atoms with van der Waals surface area (Å²) in [6, 6.07) is 0.496. The van der Waals surface area contributed by atoms with Crippen molar-refractivity contribution < 1.29 is 21.7 Å². The van der Waals surface area contributed by atoms with Gasteiger partial charge in [0.05, 0.1) is 0 Å². The Kier molecular flexibility index (Phi) is 19.8. The van der Waals surface area contributed by atoms with Crippen LogP contribution in [0.15, 0.2) is 59.9 Å². The fourth-order valence-corrected chi connectivity index (χ4v) is 7.27. The molecule has 2 atom stereocenters. The first-order chi connectivity index (χ1) is 12.5. The third-order valence-electron chi connectivity index (χ3n) is 5.09. The van der Waals surface area contributed by atoms with Gasteiger partial charge in [-0.2, -0.15) is 0 Å². The average molecular weight is 479 g/mol. The molecule has 2 aliphatic carbocycles. The number of hydrogen-bond donors (Lipinski definition) is 0. The molecule has 0 saturated carbocycles. The van der Waals surface area contributed by atoms with Crippen molar-refractivity contribution >= 4 is 8.24 Å². The molecule has 1 spiro atoms. The van der Waals surface area contributed by atoms with Crippen molar-refractivity contribution in [3.63, 3.8) is 0 Å². The standard InChI is InChI=1S/C18H31N2Si.C6H10.3CH3.Ti/c1-17(2,3)19-21(6,7)15-13-16(20(4)5)18(14-15)11-9-8-10-12-18;1-3-5-6-4-2;;;;/h8-11,13,16H,12,14H2,1-7H3;3-6H,1-2H3;3*1H3;/q-1;;3*-1;+4/b;5-3+,6-4+;;;;. The van der Waals surface area contributed by atoms with Crippen molar-refractivity contribution in [3.05, 3.63) is 87.1 Å². The summed E-state index contributed by atoms with van der Waals surface area (Å²) in [5, 5.41) is 1.62. The minimum atomic E-state index is -1.70. The van der Waals surface area contributed by atoms with Crippen LogP contribution in [0.5, 0.6) is 0 Å². The molecule has 2 aliphatic rings. The Balaban J connectivity index is -0.000000324. The average Bonchev–Trinajstić information content (AvgIpc) is 2.92. The van der Waals surface area contributed by atoms with E-state index in [1.807, 2.05) is 38.2 Å². The number of likely N-dealkylation sites (N-methyl/N-ethyl adjacent to an activating group) is 1. The molecule has 0 aromatic heterocycles. The van der Waals surface area contributed by atoms with Crippen LogP contribution in [0.3, 0.4) is 0 Å². The molecular formula is C27H50N2SiTi. The zero-order valence-electron chi connectivity index (χ0n) is 22.6. The predicted molar refractivity (Wildman–Crippen MR) is 145 cm³/mol. The maximum Gasteiger partial charge on any atom is 4.00 e. The van der Waals surface area contributed by atoms with Crippen molar-refractivity contribution in [1.82, 2.24) is 4.90 Å². The molecule has 0 heterocycles. The fourth-order valence-electron chi connectivity index (χ4n) is 4.12. The Morgan fingerprint density at radius 3 is 1.90 bits per heavy atom. The number of nitrogens with zero attached hydrogens (tertiary/aromatic N) is 2. The Bertz CT molecular complexity index is 612. The van der Waals surface area contributed by atoms with Gasteiger partial charge >= 0.3 is 21.7 Å². The molecule has 2 unspecified atom stereocenters. The van der Waals surface area contributed by atoms with Crippen LogP contribution >= 0.6 is 0 Å². The first-order valence-corrected chi connectivity index (χ1v) is 13.1. The van der Waals surface area contributed by atoms with E-state index in [4.69, 9.17) is 4.98 Å². The summed E-state index contributed by atoms with van der Waals surface area (Å²) in [6.45, 7) is 15.5. The van der Waals surface area contributed by atoms with E-state index in [1.165, 1.54) is 6.42 Å². The second-order valence-electron chi connectivity index (χ2n) is 9.39. The minimum Gasteiger partial charge on any atom is -0.656 e. The number of allylic oxidation sites excluding steroid dienone is 8. The van der Waals surface area contributed by atoms with Gasteiger partial charge in [-0.05, 0) is 49.0 Å². The van der Waals surface area contributed by atoms with E-state index in [1.54, 1.807) is 5.20 Å². The quantitative estimate of drug-likeness (QED) is 0.226. The largest absolute Gasteiger partial charge is 4.00 e. The van der Waals surface area contributed by atoms with Gasteiger partial charge in [-0.3, -0.25) is 0 Å². The molecule has 0 radical (unpaired) electrons. The summed E-state index contributed by atoms with van der Waals surface area (Å²) in [4.78, 5) is 7.58. The smallest absolute Gasteiger partial charge is 0.656 e. The van der Waals surface area contributed by atoms with Crippen LogP contribution in [0, 0.1) is 27.7 Å². The minimum absolute atomic E-state index is 0. The number of rotatable bonds is 4. The van der Waals surface area contributed by atoms with E-state index < -0.39 is 8.24 Å². The number of hydrogen-bond acceptors (Lipinski definition) is 1. The van der Waals surface area contributed by atoms with Crippen LogP contribution in [-0.2, 0) is 21.7 Å². The summed E-state index contributed by atoms with van der Waals surface area (Å²) < 4.78 is 0. The first-order valence-electron chi connectivity index (χ1n) is 10.2. The summed E-state index contributed by atoms with van der Waals surface area (Å²) in [5.41, 5.74) is 0.313. The van der Waals surface area contributed by atoms with Crippen molar-refractivity contribution in [2.24, 2.45) is 5.41 Å². The van der Waals surface area contributed by atoms with Crippen LogP contribution in [0.1, 0.15) is 47.5 Å². The maximum absolute atomic E-state index is 5.20. The Morgan fingerprint density at radius 2 is 1.55 bits per heavy atom. The van der Waals surface area contributed by atoms with Crippen molar-refractivity contribution in [2.75, 3.05) is 14.1 Å². The van der Waals surface area contributed by atoms with E-state index >= 15 is 0 Å². The van der Waals surface area contributed by atoms with Gasteiger partial charge < -0.3 is 32.2 Å². The van der Waals surface area contributed by atoms with Gasteiger partial charge in [-0.1, -0.05) is 88.5 Å². The van der Waals surface area contributed by atoms with Gasteiger partial charge in [0.2, 0.25) is 0 Å². The van der Waals surface area contributed by atoms with Gasteiger partial charge in [0, 0.05) is 11.5 Å². The van der Waals surface area contributed by atoms with Gasteiger partial charge in [0.25, 0.3) is 0 Å². The predicted octanol–water partition coefficient (Wildman–Crippen LogP) is 8.15. The zero-order chi connectivity index (χ0) is 20.7. The summed E-state index contributed by atoms with van der Waals surface area (Å²) in [6.07, 6.45) is 22.0. The first kappa shape index (κ1) is 37.8. The topological polar surface area (TPSA) is 17.3 Å². The molecule has 0 N–H and O–H groups in total. The molecule has 0 aromatic rings. The van der Waals surface area contributed by atoms with Gasteiger partial charge in [-0.25, -0.2) is 0 Å². The Morgan fingerprint density at radius 1 is 1.03 bits per heavy atom. The molecule has 176 valence electrons. The van der Waals surface area contributed by atoms with E-state index in [0.717, 1.165) is 6.42 Å². The van der Waals surface area contributed by atoms with E-state index in [-0.39, 0.29) is 55.0 Å². The van der Waals surface area contributed by atoms with Gasteiger partial charge in [0.1, 0.15) is 0 Å². The normalized spacial score (nSPS) is 22.3. The fraction of sp³-hybridized carbons (Fsp3) is 0.519. The van der Waals surface area contributed by atoms with E-state index in [2.05, 4.69) is 83.2 Å². The van der Waals surface area contributed by atoms with Crippen LogP contribution in [0.2, 0.25) is 13.1 Å². The maximum atomic E-state index is 5.20. The monoisotopic (exact) mass is 478 g/mol. The molecule has 0 aromatic carbocycles. The van der Waals surface area contributed by atoms with Crippen molar-refractivity contribution in [1.29, 1.82) is 0 Å². The van der Waals surface area contributed by atoms with E-state index in [0.29, 0.717) is 6.04 Å². The van der Waals surface area contributed by atoms with E-state index in [9.17, 15) is 0 Å². The van der Waals surface area contributed by atoms with Crippen molar-refractivity contribution in [3.8, 4) is 0 Å². The van der Waals surface area contributed by atoms with Crippen LogP contribution in [0.4, 0.5) is 0 Å². The molecular weight excluding hydrogens is 428 g/mol. The van der Waals surface area contributed by atoms with Gasteiger partial charge in [-0.15, -0.1) is 10.7 Å². The molecule has 0 saturated heterocycles. The molecule has 4 heteroatoms. The summed E-state index contributed by atoms with van der Waals surface area (Å²) in [5.74, 6) is 0. The molecule has 0 fully saturated rings. The third-order valence-corrected chi connectivity index (χ3v) is 8.24. The Labute approximate surface area is 213 Å². The second kappa shape index (κ2) is 16.2. The molecule has 0 bridgehead atoms. The van der Waals surface area contributed by atoms with Crippen LogP contribution in [-0.4, -0.2) is 38.8 Å².